The number of ketones is 1. The third kappa shape index (κ3) is 1.83. The number of carbonyl (C=O) groups is 2. The maximum Gasteiger partial charge on any atom is 0.300 e. The van der Waals surface area contributed by atoms with Gasteiger partial charge >= 0.3 is 0 Å². The number of anilines is 1. The number of amides is 1. The summed E-state index contributed by atoms with van der Waals surface area (Å²) < 4.78 is 0. The van der Waals surface area contributed by atoms with E-state index in [0.29, 0.717) is 11.3 Å². The van der Waals surface area contributed by atoms with E-state index < -0.39 is 11.7 Å². The van der Waals surface area contributed by atoms with E-state index in [1.807, 2.05) is 56.3 Å². The lowest BCUT2D eigenvalue weighted by Gasteiger charge is -2.25. The van der Waals surface area contributed by atoms with E-state index in [0.717, 1.165) is 11.1 Å². The van der Waals surface area contributed by atoms with Crippen molar-refractivity contribution in [1.82, 2.24) is 0 Å². The van der Waals surface area contributed by atoms with Gasteiger partial charge < -0.3 is 0 Å². The summed E-state index contributed by atoms with van der Waals surface area (Å²) in [6.07, 6.45) is 0. The summed E-state index contributed by atoms with van der Waals surface area (Å²) in [5, 5.41) is 0. The molecule has 1 unspecified atom stereocenters. The number of Topliss-reactive ketones (excluding diaryl/α,β-unsaturated/α-hetero) is 1. The Morgan fingerprint density at radius 1 is 1.00 bits per heavy atom. The molecule has 0 bridgehead atoms. The van der Waals surface area contributed by atoms with Gasteiger partial charge in [-0.3, -0.25) is 14.5 Å². The normalized spacial score (nSPS) is 15.4. The Morgan fingerprint density at radius 2 is 1.70 bits per heavy atom. The van der Waals surface area contributed by atoms with Gasteiger partial charge in [0, 0.05) is 0 Å². The fourth-order valence-electron chi connectivity index (χ4n) is 2.64. The van der Waals surface area contributed by atoms with Crippen molar-refractivity contribution in [3.63, 3.8) is 0 Å². The predicted molar refractivity (Wildman–Crippen MR) is 77.9 cm³/mol. The van der Waals surface area contributed by atoms with Crippen LogP contribution in [0, 0.1) is 6.92 Å². The molecule has 0 saturated heterocycles. The second-order valence-electron chi connectivity index (χ2n) is 5.11. The molecule has 0 saturated carbocycles. The summed E-state index contributed by atoms with van der Waals surface area (Å²) >= 11 is 0. The highest BCUT2D eigenvalue weighted by molar-refractivity contribution is 6.52. The van der Waals surface area contributed by atoms with Crippen molar-refractivity contribution in [1.29, 1.82) is 0 Å². The Bertz CT molecular complexity index is 691. The molecule has 20 heavy (non-hydrogen) atoms. The minimum atomic E-state index is -0.443. The molecule has 1 aliphatic rings. The van der Waals surface area contributed by atoms with Crippen molar-refractivity contribution < 1.29 is 9.59 Å². The molecule has 1 aliphatic heterocycles. The molecule has 0 radical (unpaired) electrons. The molecule has 3 rings (SSSR count). The maximum atomic E-state index is 12.3. The number of benzene rings is 2. The van der Waals surface area contributed by atoms with E-state index >= 15 is 0 Å². The Morgan fingerprint density at radius 3 is 2.40 bits per heavy atom. The van der Waals surface area contributed by atoms with Gasteiger partial charge in [0.2, 0.25) is 0 Å². The van der Waals surface area contributed by atoms with Crippen LogP contribution >= 0.6 is 0 Å². The highest BCUT2D eigenvalue weighted by Gasteiger charge is 2.38. The fraction of sp³-hybridized carbons (Fsp3) is 0.176. The second kappa shape index (κ2) is 4.60. The number of hydrogen-bond acceptors (Lipinski definition) is 2. The van der Waals surface area contributed by atoms with Crippen molar-refractivity contribution in [2.45, 2.75) is 19.9 Å². The van der Waals surface area contributed by atoms with Crippen LogP contribution in [0.4, 0.5) is 5.69 Å². The molecule has 0 fully saturated rings. The lowest BCUT2D eigenvalue weighted by Crippen LogP contribution is -2.32. The number of hydrogen-bond donors (Lipinski definition) is 0. The molecule has 1 atom stereocenters. The van der Waals surface area contributed by atoms with Crippen LogP contribution in [0.25, 0.3) is 0 Å². The highest BCUT2D eigenvalue weighted by Crippen LogP contribution is 2.36. The van der Waals surface area contributed by atoms with Crippen molar-refractivity contribution >= 4 is 17.4 Å². The molecule has 3 heteroatoms. The monoisotopic (exact) mass is 265 g/mol. The van der Waals surface area contributed by atoms with Gasteiger partial charge in [-0.25, -0.2) is 0 Å². The van der Waals surface area contributed by atoms with Crippen LogP contribution in [0.3, 0.4) is 0 Å². The highest BCUT2D eigenvalue weighted by atomic mass is 16.2. The SMILES string of the molecule is Cc1ccc2c(c1)C(=O)C(=O)N2C(C)c1ccccc1. The minimum Gasteiger partial charge on any atom is -0.298 e. The van der Waals surface area contributed by atoms with Crippen molar-refractivity contribution in [2.24, 2.45) is 0 Å². The zero-order valence-corrected chi connectivity index (χ0v) is 11.5. The molecule has 0 spiro atoms. The first-order chi connectivity index (χ1) is 9.59. The number of carbonyl (C=O) groups excluding carboxylic acids is 2. The average molecular weight is 265 g/mol. The first kappa shape index (κ1) is 12.6. The third-order valence-corrected chi connectivity index (χ3v) is 3.74. The number of nitrogens with zero attached hydrogens (tertiary/aromatic N) is 1. The zero-order chi connectivity index (χ0) is 14.3. The molecule has 0 N–H and O–H groups in total. The second-order valence-corrected chi connectivity index (χ2v) is 5.11. The summed E-state index contributed by atoms with van der Waals surface area (Å²) in [5.41, 5.74) is 3.22. The van der Waals surface area contributed by atoms with Gasteiger partial charge in [0.25, 0.3) is 11.7 Å². The molecular formula is C17H15NO2. The third-order valence-electron chi connectivity index (χ3n) is 3.74. The number of fused-ring (bicyclic) bond motifs is 1. The quantitative estimate of drug-likeness (QED) is 0.781. The first-order valence-electron chi connectivity index (χ1n) is 6.63. The fourth-order valence-corrected chi connectivity index (χ4v) is 2.64. The molecule has 1 heterocycles. The van der Waals surface area contributed by atoms with Crippen LogP contribution in [0.5, 0.6) is 0 Å². The van der Waals surface area contributed by atoms with Gasteiger partial charge in [0.05, 0.1) is 17.3 Å². The van der Waals surface area contributed by atoms with Crippen LogP contribution in [0.2, 0.25) is 0 Å². The van der Waals surface area contributed by atoms with E-state index in [4.69, 9.17) is 0 Å². The molecule has 1 amide bonds. The van der Waals surface area contributed by atoms with Gasteiger partial charge in [-0.2, -0.15) is 0 Å². The van der Waals surface area contributed by atoms with Crippen LogP contribution in [-0.2, 0) is 4.79 Å². The molecule has 0 aromatic heterocycles. The Kier molecular flexibility index (Phi) is 2.90. The number of aryl methyl sites for hydroxylation is 1. The van der Waals surface area contributed by atoms with Gasteiger partial charge in [-0.15, -0.1) is 0 Å². The lowest BCUT2D eigenvalue weighted by atomic mass is 10.1. The summed E-state index contributed by atoms with van der Waals surface area (Å²) in [6.45, 7) is 3.86. The summed E-state index contributed by atoms with van der Waals surface area (Å²) in [7, 11) is 0. The Hall–Kier alpha value is -2.42. The lowest BCUT2D eigenvalue weighted by molar-refractivity contribution is -0.114. The largest absolute Gasteiger partial charge is 0.300 e. The summed E-state index contributed by atoms with van der Waals surface area (Å²) in [4.78, 5) is 26.0. The molecule has 100 valence electrons. The van der Waals surface area contributed by atoms with Gasteiger partial charge in [0.15, 0.2) is 0 Å². The first-order valence-corrected chi connectivity index (χ1v) is 6.63. The van der Waals surface area contributed by atoms with Crippen LogP contribution in [0.1, 0.15) is 34.5 Å². The van der Waals surface area contributed by atoms with Gasteiger partial charge in [-0.1, -0.05) is 42.0 Å². The van der Waals surface area contributed by atoms with E-state index in [1.165, 1.54) is 0 Å². The van der Waals surface area contributed by atoms with Crippen LogP contribution < -0.4 is 4.90 Å². The van der Waals surface area contributed by atoms with E-state index in [-0.39, 0.29) is 6.04 Å². The van der Waals surface area contributed by atoms with Crippen LogP contribution in [-0.4, -0.2) is 11.7 Å². The Balaban J connectivity index is 2.08. The van der Waals surface area contributed by atoms with E-state index in [1.54, 1.807) is 11.0 Å². The summed E-state index contributed by atoms with van der Waals surface area (Å²) in [6, 6.07) is 15.1. The topological polar surface area (TPSA) is 37.4 Å². The Labute approximate surface area is 117 Å². The smallest absolute Gasteiger partial charge is 0.298 e. The van der Waals surface area contributed by atoms with E-state index in [9.17, 15) is 9.59 Å². The van der Waals surface area contributed by atoms with E-state index in [2.05, 4.69) is 0 Å². The molecule has 2 aromatic carbocycles. The minimum absolute atomic E-state index is 0.156. The molecule has 2 aromatic rings. The van der Waals surface area contributed by atoms with Crippen molar-refractivity contribution in [2.75, 3.05) is 4.90 Å². The summed E-state index contributed by atoms with van der Waals surface area (Å²) in [5.74, 6) is -0.853. The van der Waals surface area contributed by atoms with Crippen molar-refractivity contribution in [3.05, 3.63) is 65.2 Å². The van der Waals surface area contributed by atoms with Crippen LogP contribution in [0.15, 0.2) is 48.5 Å². The predicted octanol–water partition coefficient (Wildman–Crippen LogP) is 3.29. The molecule has 3 nitrogen and oxygen atoms in total. The standard InChI is InChI=1S/C17H15NO2/c1-11-8-9-15-14(10-11)16(19)17(20)18(15)12(2)13-6-4-3-5-7-13/h3-10,12H,1-2H3. The van der Waals surface area contributed by atoms with Gasteiger partial charge in [-0.05, 0) is 31.5 Å². The number of rotatable bonds is 2. The molecule has 0 aliphatic carbocycles. The zero-order valence-electron chi connectivity index (χ0n) is 11.5. The molecular weight excluding hydrogens is 250 g/mol. The average Bonchev–Trinajstić information content (AvgIpc) is 2.71. The van der Waals surface area contributed by atoms with Crippen molar-refractivity contribution in [3.8, 4) is 0 Å². The van der Waals surface area contributed by atoms with Gasteiger partial charge in [0.1, 0.15) is 0 Å². The maximum absolute atomic E-state index is 12.3.